The predicted molar refractivity (Wildman–Crippen MR) is 113 cm³/mol. The van der Waals surface area contributed by atoms with Gasteiger partial charge in [-0.2, -0.15) is 0 Å². The number of ether oxygens (including phenoxy) is 2. The number of nitrogens with zero attached hydrogens (tertiary/aromatic N) is 1. The van der Waals surface area contributed by atoms with Crippen LogP contribution in [0.2, 0.25) is 0 Å². The lowest BCUT2D eigenvalue weighted by atomic mass is 10.1. The maximum absolute atomic E-state index is 13.1. The summed E-state index contributed by atoms with van der Waals surface area (Å²) in [5.74, 6) is 0.583. The zero-order chi connectivity index (χ0) is 19.3. The third-order valence-electron chi connectivity index (χ3n) is 4.70. The van der Waals surface area contributed by atoms with Gasteiger partial charge in [-0.15, -0.1) is 0 Å². The largest absolute Gasteiger partial charge is 0.490 e. The van der Waals surface area contributed by atoms with Crippen molar-refractivity contribution in [3.8, 4) is 5.75 Å². The van der Waals surface area contributed by atoms with Crippen molar-refractivity contribution in [2.45, 2.75) is 6.10 Å². The number of anilines is 1. The minimum absolute atomic E-state index is 0.0827. The summed E-state index contributed by atoms with van der Waals surface area (Å²) < 4.78 is 25.0. The van der Waals surface area contributed by atoms with E-state index in [-0.39, 0.29) is 11.9 Å². The van der Waals surface area contributed by atoms with E-state index >= 15 is 0 Å². The molecule has 4 nitrogen and oxygen atoms in total. The predicted octanol–water partition coefficient (Wildman–Crippen LogP) is 4.46. The molecule has 1 aliphatic rings. The molecule has 6 heteroatoms. The topological polar surface area (TPSA) is 33.7 Å². The van der Waals surface area contributed by atoms with Crippen LogP contribution in [-0.2, 0) is 4.74 Å². The van der Waals surface area contributed by atoms with Crippen molar-refractivity contribution in [2.24, 2.45) is 0 Å². The molecule has 0 aromatic heterocycles. The van der Waals surface area contributed by atoms with E-state index in [0.717, 1.165) is 22.2 Å². The van der Waals surface area contributed by atoms with Crippen LogP contribution in [0.1, 0.15) is 0 Å². The first-order valence-corrected chi connectivity index (χ1v) is 9.63. The highest BCUT2D eigenvalue weighted by atomic mass is 32.1. The minimum atomic E-state index is -0.270. The number of rotatable bonds is 4. The Labute approximate surface area is 168 Å². The van der Waals surface area contributed by atoms with Crippen LogP contribution in [0.3, 0.4) is 0 Å². The van der Waals surface area contributed by atoms with E-state index in [9.17, 15) is 4.39 Å². The fourth-order valence-electron chi connectivity index (χ4n) is 3.24. The van der Waals surface area contributed by atoms with Crippen molar-refractivity contribution in [2.75, 3.05) is 31.6 Å². The van der Waals surface area contributed by atoms with Gasteiger partial charge < -0.3 is 19.7 Å². The highest BCUT2D eigenvalue weighted by Crippen LogP contribution is 2.25. The Morgan fingerprint density at radius 1 is 1.11 bits per heavy atom. The maximum atomic E-state index is 13.1. The molecule has 0 radical (unpaired) electrons. The number of hydrogen-bond donors (Lipinski definition) is 1. The highest BCUT2D eigenvalue weighted by molar-refractivity contribution is 7.80. The van der Waals surface area contributed by atoms with Crippen LogP contribution in [0, 0.1) is 5.82 Å². The summed E-state index contributed by atoms with van der Waals surface area (Å²) >= 11 is 5.51. The van der Waals surface area contributed by atoms with E-state index in [0.29, 0.717) is 31.4 Å². The summed E-state index contributed by atoms with van der Waals surface area (Å²) in [4.78, 5) is 2.05. The Hall–Kier alpha value is -2.70. The van der Waals surface area contributed by atoms with Gasteiger partial charge in [0.15, 0.2) is 5.11 Å². The van der Waals surface area contributed by atoms with Gasteiger partial charge in [0.2, 0.25) is 0 Å². The van der Waals surface area contributed by atoms with Crippen LogP contribution >= 0.6 is 12.2 Å². The van der Waals surface area contributed by atoms with Crippen LogP contribution < -0.4 is 10.1 Å². The summed E-state index contributed by atoms with van der Waals surface area (Å²) in [5, 5.41) is 5.99. The second kappa shape index (κ2) is 8.54. The number of halogens is 1. The number of fused-ring (bicyclic) bond motifs is 1. The van der Waals surface area contributed by atoms with Crippen molar-refractivity contribution < 1.29 is 13.9 Å². The second-order valence-electron chi connectivity index (χ2n) is 6.66. The molecule has 1 unspecified atom stereocenters. The maximum Gasteiger partial charge on any atom is 0.173 e. The van der Waals surface area contributed by atoms with Crippen molar-refractivity contribution in [3.63, 3.8) is 0 Å². The number of hydrogen-bond acceptors (Lipinski definition) is 3. The van der Waals surface area contributed by atoms with Gasteiger partial charge in [0, 0.05) is 24.2 Å². The summed E-state index contributed by atoms with van der Waals surface area (Å²) in [6, 6.07) is 20.3. The quantitative estimate of drug-likeness (QED) is 0.659. The molecule has 0 spiro atoms. The minimum Gasteiger partial charge on any atom is -0.490 e. The van der Waals surface area contributed by atoms with Crippen molar-refractivity contribution in [1.82, 2.24) is 4.90 Å². The fraction of sp³-hybridized carbons (Fsp3) is 0.227. The Kier molecular flexibility index (Phi) is 5.69. The highest BCUT2D eigenvalue weighted by Gasteiger charge is 2.23. The molecule has 1 N–H and O–H groups in total. The summed E-state index contributed by atoms with van der Waals surface area (Å²) in [5.41, 5.74) is 0.765. The van der Waals surface area contributed by atoms with Gasteiger partial charge in [0.25, 0.3) is 0 Å². The van der Waals surface area contributed by atoms with Gasteiger partial charge in [0.1, 0.15) is 24.3 Å². The van der Waals surface area contributed by atoms with Crippen LogP contribution in [0.5, 0.6) is 5.75 Å². The van der Waals surface area contributed by atoms with Gasteiger partial charge in [0.05, 0.1) is 6.61 Å². The van der Waals surface area contributed by atoms with Crippen LogP contribution in [-0.4, -0.2) is 42.4 Å². The van der Waals surface area contributed by atoms with Gasteiger partial charge in [-0.25, -0.2) is 4.39 Å². The number of benzene rings is 3. The lowest BCUT2D eigenvalue weighted by molar-refractivity contribution is -0.0277. The molecule has 1 heterocycles. The van der Waals surface area contributed by atoms with E-state index in [2.05, 4.69) is 28.4 Å². The smallest absolute Gasteiger partial charge is 0.173 e. The van der Waals surface area contributed by atoms with E-state index in [1.54, 1.807) is 12.1 Å². The van der Waals surface area contributed by atoms with Crippen molar-refractivity contribution >= 4 is 33.8 Å². The lowest BCUT2D eigenvalue weighted by Crippen LogP contribution is -2.49. The van der Waals surface area contributed by atoms with Gasteiger partial charge >= 0.3 is 0 Å². The normalized spacial score (nSPS) is 16.8. The first-order chi connectivity index (χ1) is 13.7. The van der Waals surface area contributed by atoms with E-state index < -0.39 is 0 Å². The zero-order valence-corrected chi connectivity index (χ0v) is 16.1. The Bertz CT molecular complexity index is 959. The molecule has 3 aromatic carbocycles. The van der Waals surface area contributed by atoms with E-state index in [1.165, 1.54) is 12.1 Å². The van der Waals surface area contributed by atoms with Gasteiger partial charge in [-0.3, -0.25) is 0 Å². The first kappa shape index (κ1) is 18.7. The first-order valence-electron chi connectivity index (χ1n) is 9.23. The molecule has 4 rings (SSSR count). The average molecular weight is 396 g/mol. The van der Waals surface area contributed by atoms with E-state index in [1.807, 2.05) is 24.3 Å². The van der Waals surface area contributed by atoms with Gasteiger partial charge in [-0.05, 0) is 47.9 Å². The molecule has 144 valence electrons. The summed E-state index contributed by atoms with van der Waals surface area (Å²) in [6.07, 6.45) is -0.0827. The third-order valence-corrected chi connectivity index (χ3v) is 5.06. The zero-order valence-electron chi connectivity index (χ0n) is 15.3. The lowest BCUT2D eigenvalue weighted by Gasteiger charge is -2.34. The van der Waals surface area contributed by atoms with E-state index in [4.69, 9.17) is 21.7 Å². The molecule has 1 aliphatic heterocycles. The van der Waals surface area contributed by atoms with Crippen LogP contribution in [0.25, 0.3) is 10.8 Å². The number of morpholine rings is 1. The Balaban J connectivity index is 1.35. The molecular weight excluding hydrogens is 375 g/mol. The molecule has 0 aliphatic carbocycles. The third kappa shape index (κ3) is 4.40. The van der Waals surface area contributed by atoms with Crippen LogP contribution in [0.15, 0.2) is 66.7 Å². The van der Waals surface area contributed by atoms with Crippen molar-refractivity contribution in [3.05, 3.63) is 72.5 Å². The second-order valence-corrected chi connectivity index (χ2v) is 7.05. The molecule has 3 aromatic rings. The molecule has 1 saturated heterocycles. The van der Waals surface area contributed by atoms with Gasteiger partial charge in [-0.1, -0.05) is 36.4 Å². The SMILES string of the molecule is Fc1ccc(NC(=S)N2CCOC(COc3cccc4ccccc34)C2)cc1. The molecule has 1 atom stereocenters. The molecular formula is C22H21FN2O2S. The Morgan fingerprint density at radius 2 is 1.89 bits per heavy atom. The number of nitrogens with one attached hydrogen (secondary N) is 1. The fourth-order valence-corrected chi connectivity index (χ4v) is 3.53. The Morgan fingerprint density at radius 3 is 2.75 bits per heavy atom. The molecule has 28 heavy (non-hydrogen) atoms. The summed E-state index contributed by atoms with van der Waals surface area (Å²) in [6.45, 7) is 2.37. The average Bonchev–Trinajstić information content (AvgIpc) is 2.74. The molecule has 0 bridgehead atoms. The molecule has 1 fully saturated rings. The number of thiocarbonyl (C=S) groups is 1. The standard InChI is InChI=1S/C22H21FN2O2S/c23-17-8-10-18(11-9-17)24-22(28)25-12-13-26-19(14-25)15-27-21-7-3-5-16-4-1-2-6-20(16)21/h1-11,19H,12-15H2,(H,24,28). The molecule has 0 saturated carbocycles. The summed E-state index contributed by atoms with van der Waals surface area (Å²) in [7, 11) is 0. The molecule has 0 amide bonds. The monoisotopic (exact) mass is 396 g/mol. The van der Waals surface area contributed by atoms with Crippen molar-refractivity contribution in [1.29, 1.82) is 0 Å². The van der Waals surface area contributed by atoms with Crippen LogP contribution in [0.4, 0.5) is 10.1 Å².